The van der Waals surface area contributed by atoms with Crippen molar-refractivity contribution in [3.63, 3.8) is 0 Å². The fourth-order valence-electron chi connectivity index (χ4n) is 2.61. The van der Waals surface area contributed by atoms with Gasteiger partial charge in [-0.15, -0.1) is 0 Å². The van der Waals surface area contributed by atoms with E-state index in [1.807, 2.05) is 0 Å². The standard InChI is InChI=1S/C11H19N3O/c1-14-5-2-11(3-6-14)8-10(13,9-12)4-7-15-11/h2-8,13H2,1H3. The van der Waals surface area contributed by atoms with E-state index in [4.69, 9.17) is 15.7 Å². The third-order valence-electron chi connectivity index (χ3n) is 3.71. The van der Waals surface area contributed by atoms with Crippen LogP contribution in [0.25, 0.3) is 0 Å². The minimum Gasteiger partial charge on any atom is -0.375 e. The summed E-state index contributed by atoms with van der Waals surface area (Å²) in [4.78, 5) is 2.30. The summed E-state index contributed by atoms with van der Waals surface area (Å²) in [5.41, 5.74) is 5.27. The van der Waals surface area contributed by atoms with E-state index in [9.17, 15) is 0 Å². The Morgan fingerprint density at radius 2 is 2.00 bits per heavy atom. The topological polar surface area (TPSA) is 62.3 Å². The molecule has 1 spiro atoms. The average Bonchev–Trinajstić information content (AvgIpc) is 2.23. The Morgan fingerprint density at radius 3 is 2.60 bits per heavy atom. The molecule has 2 heterocycles. The van der Waals surface area contributed by atoms with Gasteiger partial charge in [0.1, 0.15) is 5.54 Å². The van der Waals surface area contributed by atoms with Crippen molar-refractivity contribution in [1.29, 1.82) is 5.26 Å². The third kappa shape index (κ3) is 2.15. The highest BCUT2D eigenvalue weighted by Gasteiger charge is 2.45. The molecule has 0 aromatic carbocycles. The van der Waals surface area contributed by atoms with Gasteiger partial charge in [0.05, 0.1) is 18.3 Å². The molecule has 4 heteroatoms. The first-order chi connectivity index (χ1) is 7.08. The summed E-state index contributed by atoms with van der Waals surface area (Å²) in [7, 11) is 2.12. The van der Waals surface area contributed by atoms with Gasteiger partial charge in [-0.3, -0.25) is 0 Å². The quantitative estimate of drug-likeness (QED) is 0.630. The van der Waals surface area contributed by atoms with E-state index in [-0.39, 0.29) is 5.60 Å². The van der Waals surface area contributed by atoms with Gasteiger partial charge in [-0.05, 0) is 19.9 Å². The number of hydrogen-bond acceptors (Lipinski definition) is 4. The van der Waals surface area contributed by atoms with Crippen molar-refractivity contribution in [1.82, 2.24) is 4.90 Å². The molecule has 2 rings (SSSR count). The van der Waals surface area contributed by atoms with Crippen LogP contribution in [0.1, 0.15) is 25.7 Å². The maximum Gasteiger partial charge on any atom is 0.109 e. The Kier molecular flexibility index (Phi) is 2.72. The Labute approximate surface area is 91.0 Å². The molecular formula is C11H19N3O. The number of likely N-dealkylation sites (tertiary alicyclic amines) is 1. The normalized spacial score (nSPS) is 36.3. The van der Waals surface area contributed by atoms with Crippen molar-refractivity contribution < 1.29 is 4.74 Å². The first kappa shape index (κ1) is 10.9. The van der Waals surface area contributed by atoms with Crippen molar-refractivity contribution >= 4 is 0 Å². The van der Waals surface area contributed by atoms with E-state index in [2.05, 4.69) is 18.0 Å². The number of nitrogens with zero attached hydrogens (tertiary/aromatic N) is 2. The molecule has 0 saturated carbocycles. The second-order valence-corrected chi connectivity index (χ2v) is 5.03. The first-order valence-corrected chi connectivity index (χ1v) is 5.60. The van der Waals surface area contributed by atoms with Crippen LogP contribution in [0.2, 0.25) is 0 Å². The summed E-state index contributed by atoms with van der Waals surface area (Å²) in [6.07, 6.45) is 3.37. The molecule has 1 atom stereocenters. The van der Waals surface area contributed by atoms with Crippen LogP contribution < -0.4 is 5.73 Å². The van der Waals surface area contributed by atoms with E-state index in [0.29, 0.717) is 19.4 Å². The second-order valence-electron chi connectivity index (χ2n) is 5.03. The molecular weight excluding hydrogens is 190 g/mol. The maximum atomic E-state index is 9.08. The lowest BCUT2D eigenvalue weighted by molar-refractivity contribution is -0.122. The van der Waals surface area contributed by atoms with Crippen LogP contribution >= 0.6 is 0 Å². The summed E-state index contributed by atoms with van der Waals surface area (Å²) in [5, 5.41) is 9.08. The molecule has 2 saturated heterocycles. The maximum absolute atomic E-state index is 9.08. The largest absolute Gasteiger partial charge is 0.375 e. The van der Waals surface area contributed by atoms with Gasteiger partial charge in [0, 0.05) is 25.9 Å². The highest BCUT2D eigenvalue weighted by Crippen LogP contribution is 2.37. The van der Waals surface area contributed by atoms with E-state index in [1.54, 1.807) is 0 Å². The van der Waals surface area contributed by atoms with Crippen LogP contribution in [0.5, 0.6) is 0 Å². The number of rotatable bonds is 0. The molecule has 2 fully saturated rings. The Balaban J connectivity index is 2.06. The fourth-order valence-corrected chi connectivity index (χ4v) is 2.61. The lowest BCUT2D eigenvalue weighted by Crippen LogP contribution is -2.56. The molecule has 0 radical (unpaired) electrons. The fraction of sp³-hybridized carbons (Fsp3) is 0.909. The molecule has 1 unspecified atom stereocenters. The van der Waals surface area contributed by atoms with E-state index in [1.165, 1.54) is 0 Å². The summed E-state index contributed by atoms with van der Waals surface area (Å²) < 4.78 is 5.89. The predicted molar refractivity (Wildman–Crippen MR) is 57.2 cm³/mol. The lowest BCUT2D eigenvalue weighted by Gasteiger charge is -2.47. The average molecular weight is 209 g/mol. The first-order valence-electron chi connectivity index (χ1n) is 5.60. The zero-order valence-electron chi connectivity index (χ0n) is 9.33. The van der Waals surface area contributed by atoms with Gasteiger partial charge in [0.15, 0.2) is 0 Å². The van der Waals surface area contributed by atoms with Crippen molar-refractivity contribution in [2.45, 2.75) is 36.8 Å². The van der Waals surface area contributed by atoms with Crippen LogP contribution in [0.4, 0.5) is 0 Å². The van der Waals surface area contributed by atoms with Crippen LogP contribution in [0.3, 0.4) is 0 Å². The van der Waals surface area contributed by atoms with E-state index < -0.39 is 5.54 Å². The monoisotopic (exact) mass is 209 g/mol. The predicted octanol–water partition coefficient (Wildman–Crippen LogP) is 0.482. The second kappa shape index (κ2) is 3.75. The van der Waals surface area contributed by atoms with Gasteiger partial charge >= 0.3 is 0 Å². The number of piperidine rings is 1. The molecule has 2 aliphatic heterocycles. The molecule has 0 amide bonds. The van der Waals surface area contributed by atoms with Crippen LogP contribution in [0.15, 0.2) is 0 Å². The van der Waals surface area contributed by atoms with Crippen LogP contribution in [-0.4, -0.2) is 42.8 Å². The third-order valence-corrected chi connectivity index (χ3v) is 3.71. The summed E-state index contributed by atoms with van der Waals surface area (Å²) >= 11 is 0. The summed E-state index contributed by atoms with van der Waals surface area (Å²) in [6, 6.07) is 2.25. The molecule has 4 nitrogen and oxygen atoms in total. The highest BCUT2D eigenvalue weighted by molar-refractivity contribution is 5.11. The molecule has 2 N–H and O–H groups in total. The minimum absolute atomic E-state index is 0.116. The summed E-state index contributed by atoms with van der Waals surface area (Å²) in [6.45, 7) is 2.72. The van der Waals surface area contributed by atoms with Gasteiger partial charge in [0.2, 0.25) is 0 Å². The molecule has 0 aromatic rings. The molecule has 84 valence electrons. The van der Waals surface area contributed by atoms with Gasteiger partial charge in [-0.1, -0.05) is 0 Å². The summed E-state index contributed by atoms with van der Waals surface area (Å²) in [5.74, 6) is 0. The lowest BCUT2D eigenvalue weighted by atomic mass is 9.76. The SMILES string of the molecule is CN1CCC2(CC1)CC(N)(C#N)CCO2. The van der Waals surface area contributed by atoms with Crippen molar-refractivity contribution in [2.24, 2.45) is 5.73 Å². The molecule has 0 bridgehead atoms. The van der Waals surface area contributed by atoms with Crippen LogP contribution in [-0.2, 0) is 4.74 Å². The van der Waals surface area contributed by atoms with E-state index in [0.717, 1.165) is 25.9 Å². The van der Waals surface area contributed by atoms with E-state index >= 15 is 0 Å². The number of nitrogens with two attached hydrogens (primary N) is 1. The number of ether oxygens (including phenoxy) is 1. The van der Waals surface area contributed by atoms with Gasteiger partial charge < -0.3 is 15.4 Å². The zero-order valence-corrected chi connectivity index (χ0v) is 9.33. The molecule has 2 aliphatic rings. The number of nitriles is 1. The molecule has 0 aromatic heterocycles. The highest BCUT2D eigenvalue weighted by atomic mass is 16.5. The van der Waals surface area contributed by atoms with Crippen LogP contribution in [0, 0.1) is 11.3 Å². The Bertz CT molecular complexity index is 278. The van der Waals surface area contributed by atoms with Crippen molar-refractivity contribution in [2.75, 3.05) is 26.7 Å². The zero-order chi connectivity index (χ0) is 10.9. The van der Waals surface area contributed by atoms with Gasteiger partial charge in [-0.2, -0.15) is 5.26 Å². The Hall–Kier alpha value is -0.630. The smallest absolute Gasteiger partial charge is 0.109 e. The van der Waals surface area contributed by atoms with Gasteiger partial charge in [-0.25, -0.2) is 0 Å². The Morgan fingerprint density at radius 1 is 1.33 bits per heavy atom. The minimum atomic E-state index is -0.659. The van der Waals surface area contributed by atoms with Crippen molar-refractivity contribution in [3.05, 3.63) is 0 Å². The molecule has 0 aliphatic carbocycles. The number of hydrogen-bond donors (Lipinski definition) is 1. The van der Waals surface area contributed by atoms with Crippen molar-refractivity contribution in [3.8, 4) is 6.07 Å². The van der Waals surface area contributed by atoms with Gasteiger partial charge in [0.25, 0.3) is 0 Å². The molecule has 15 heavy (non-hydrogen) atoms.